The molecule has 0 radical (unpaired) electrons. The molecule has 0 bridgehead atoms. The number of carbonyl (C=O) groups excluding carboxylic acids is 6. The zero-order chi connectivity index (χ0) is 33.6. The number of fused-ring (bicyclic) bond motifs is 4. The fourth-order valence-electron chi connectivity index (χ4n) is 7.44. The lowest BCUT2D eigenvalue weighted by Crippen LogP contribution is -2.70. The quantitative estimate of drug-likeness (QED) is 0.271. The van der Waals surface area contributed by atoms with Crippen molar-refractivity contribution in [2.24, 2.45) is 23.7 Å². The average molecular weight is 639 g/mol. The van der Waals surface area contributed by atoms with Crippen LogP contribution in [0.25, 0.3) is 11.1 Å². The number of aromatic hydroxyl groups is 2. The summed E-state index contributed by atoms with van der Waals surface area (Å²) < 4.78 is 21.4. The Kier molecular flexibility index (Phi) is 7.02. The summed E-state index contributed by atoms with van der Waals surface area (Å²) in [7, 11) is 2.02. The molecule has 2 saturated carbocycles. The molecule has 4 aliphatic rings. The monoisotopic (exact) mass is 638 g/mol. The Balaban J connectivity index is 1.50. The molecular formula is C32H30O14. The summed E-state index contributed by atoms with van der Waals surface area (Å²) in [5, 5.41) is 44.8. The van der Waals surface area contributed by atoms with Gasteiger partial charge in [0.15, 0.2) is 11.6 Å². The summed E-state index contributed by atoms with van der Waals surface area (Å²) in [6.07, 6.45) is -3.75. The van der Waals surface area contributed by atoms with Crippen molar-refractivity contribution in [1.29, 1.82) is 0 Å². The first kappa shape index (κ1) is 31.2. The van der Waals surface area contributed by atoms with Gasteiger partial charge in [-0.05, 0) is 36.1 Å². The topological polar surface area (TPSA) is 220 Å². The Hall–Kier alpha value is -4.82. The molecule has 46 heavy (non-hydrogen) atoms. The highest BCUT2D eigenvalue weighted by Crippen LogP contribution is 2.54. The Bertz CT molecular complexity index is 1630. The lowest BCUT2D eigenvalue weighted by Gasteiger charge is -2.48. The molecule has 2 aromatic rings. The minimum absolute atomic E-state index is 0.208. The number of aliphatic hydroxyl groups is 2. The Morgan fingerprint density at radius 1 is 0.696 bits per heavy atom. The van der Waals surface area contributed by atoms with Crippen molar-refractivity contribution >= 4 is 35.1 Å². The molecule has 0 spiro atoms. The first-order valence-corrected chi connectivity index (χ1v) is 14.5. The Labute approximate surface area is 260 Å². The fourth-order valence-corrected chi connectivity index (χ4v) is 7.44. The van der Waals surface area contributed by atoms with Gasteiger partial charge < -0.3 is 39.4 Å². The summed E-state index contributed by atoms with van der Waals surface area (Å²) in [4.78, 5) is 80.0. The van der Waals surface area contributed by atoms with E-state index in [0.717, 1.165) is 14.2 Å². The number of Topliss-reactive ketones (excluding diaryl/α,β-unsaturated/α-hetero) is 4. The van der Waals surface area contributed by atoms with Crippen LogP contribution < -0.4 is 9.47 Å². The minimum atomic E-state index is -2.40. The Morgan fingerprint density at radius 3 is 1.37 bits per heavy atom. The number of ketones is 4. The second-order valence-corrected chi connectivity index (χ2v) is 12.2. The maximum absolute atomic E-state index is 13.9. The van der Waals surface area contributed by atoms with Gasteiger partial charge in [-0.25, -0.2) is 9.59 Å². The third kappa shape index (κ3) is 3.76. The van der Waals surface area contributed by atoms with Crippen LogP contribution in [0.5, 0.6) is 23.0 Å². The average Bonchev–Trinajstić information content (AvgIpc) is 3.01. The van der Waals surface area contributed by atoms with Gasteiger partial charge in [0, 0.05) is 24.0 Å². The zero-order valence-electron chi connectivity index (χ0n) is 25.1. The van der Waals surface area contributed by atoms with Crippen LogP contribution in [-0.4, -0.2) is 93.1 Å². The largest absolute Gasteiger partial charge is 0.506 e. The normalized spacial score (nSPS) is 33.0. The maximum Gasteiger partial charge on any atom is 0.354 e. The molecule has 2 aromatic carbocycles. The summed E-state index contributed by atoms with van der Waals surface area (Å²) >= 11 is 0. The van der Waals surface area contributed by atoms with Crippen LogP contribution in [-0.2, 0) is 28.7 Å². The van der Waals surface area contributed by atoms with Gasteiger partial charge in [-0.15, -0.1) is 0 Å². The molecule has 14 heteroatoms. The second-order valence-electron chi connectivity index (χ2n) is 12.2. The molecule has 14 nitrogen and oxygen atoms in total. The molecule has 2 aliphatic heterocycles. The van der Waals surface area contributed by atoms with Gasteiger partial charge in [-0.3, -0.25) is 19.2 Å². The first-order valence-electron chi connectivity index (χ1n) is 14.5. The van der Waals surface area contributed by atoms with E-state index in [1.165, 1.54) is 38.1 Å². The van der Waals surface area contributed by atoms with Crippen LogP contribution in [0.3, 0.4) is 0 Å². The number of aliphatic hydroxyl groups excluding tert-OH is 2. The van der Waals surface area contributed by atoms with E-state index in [2.05, 4.69) is 0 Å². The second kappa shape index (κ2) is 10.4. The van der Waals surface area contributed by atoms with Crippen molar-refractivity contribution < 1.29 is 68.1 Å². The number of phenolic OH excluding ortho intramolecular Hbond substituents is 2. The van der Waals surface area contributed by atoms with Crippen molar-refractivity contribution in [3.8, 4) is 34.1 Å². The fraction of sp³-hybridized carbons (Fsp3) is 0.438. The number of carbonyl (C=O) groups is 6. The third-order valence-corrected chi connectivity index (χ3v) is 9.66. The van der Waals surface area contributed by atoms with Gasteiger partial charge in [0.1, 0.15) is 69.7 Å². The molecule has 2 aliphatic carbocycles. The highest BCUT2D eigenvalue weighted by atomic mass is 16.6. The van der Waals surface area contributed by atoms with E-state index < -0.39 is 105 Å². The zero-order valence-corrected chi connectivity index (χ0v) is 25.1. The highest BCUT2D eigenvalue weighted by Gasteiger charge is 2.69. The van der Waals surface area contributed by atoms with Gasteiger partial charge in [-0.2, -0.15) is 0 Å². The van der Waals surface area contributed by atoms with Gasteiger partial charge in [0.25, 0.3) is 0 Å². The van der Waals surface area contributed by atoms with E-state index >= 15 is 0 Å². The number of phenols is 2. The number of rotatable bonds is 3. The van der Waals surface area contributed by atoms with Crippen molar-refractivity contribution in [1.82, 2.24) is 0 Å². The smallest absolute Gasteiger partial charge is 0.354 e. The third-order valence-electron chi connectivity index (χ3n) is 9.66. The molecular weight excluding hydrogens is 608 g/mol. The molecule has 242 valence electrons. The summed E-state index contributed by atoms with van der Waals surface area (Å²) in [6.45, 7) is 3.02. The maximum atomic E-state index is 13.9. The van der Waals surface area contributed by atoms with E-state index in [-0.39, 0.29) is 35.5 Å². The number of esters is 2. The molecule has 8 atom stereocenters. The van der Waals surface area contributed by atoms with Gasteiger partial charge in [-0.1, -0.05) is 13.8 Å². The Morgan fingerprint density at radius 2 is 1.04 bits per heavy atom. The van der Waals surface area contributed by atoms with Crippen LogP contribution in [0.1, 0.15) is 47.4 Å². The van der Waals surface area contributed by atoms with Crippen LogP contribution in [0.2, 0.25) is 0 Å². The number of methoxy groups -OCH3 is 2. The van der Waals surface area contributed by atoms with Crippen molar-refractivity contribution in [2.75, 3.05) is 14.2 Å². The number of ether oxygens (including phenoxy) is 4. The van der Waals surface area contributed by atoms with E-state index in [9.17, 15) is 49.2 Å². The standard InChI is InChI=1S/C32H30O14/c1-11-9-15(33)21-25(37)19-17(45-31(21,27(11)39)29(41)43-3)7-5-13(23(19)35)14-6-8-18-20(24(14)36)26(38)22-16(34)10-12(2)28(40)32(22,46-18)30(42)44-4/h5-8,11-12,21-22,27-28,35-36,39-40H,9-10H2,1-4H3/t11-,12-,21+,22+,27-,28+,31-,32+/m0/s1. The first-order chi connectivity index (χ1) is 21.7. The molecule has 2 heterocycles. The van der Waals surface area contributed by atoms with Crippen molar-refractivity contribution in [3.63, 3.8) is 0 Å². The number of hydrogen-bond acceptors (Lipinski definition) is 14. The molecule has 6 rings (SSSR count). The van der Waals surface area contributed by atoms with Crippen LogP contribution in [0.4, 0.5) is 0 Å². The summed E-state index contributed by atoms with van der Waals surface area (Å²) in [6, 6.07) is 4.78. The summed E-state index contributed by atoms with van der Waals surface area (Å²) in [5.74, 6) is -13.3. The molecule has 0 amide bonds. The highest BCUT2D eigenvalue weighted by molar-refractivity contribution is 6.21. The van der Waals surface area contributed by atoms with E-state index in [1.54, 1.807) is 0 Å². The van der Waals surface area contributed by atoms with E-state index in [0.29, 0.717) is 0 Å². The minimum Gasteiger partial charge on any atom is -0.506 e. The van der Waals surface area contributed by atoms with Crippen molar-refractivity contribution in [2.45, 2.75) is 50.1 Å². The van der Waals surface area contributed by atoms with Crippen LogP contribution >= 0.6 is 0 Å². The molecule has 0 saturated heterocycles. The molecule has 4 N–H and O–H groups in total. The van der Waals surface area contributed by atoms with Crippen molar-refractivity contribution in [3.05, 3.63) is 35.4 Å². The summed E-state index contributed by atoms with van der Waals surface area (Å²) in [5.41, 5.74) is -6.25. The van der Waals surface area contributed by atoms with Crippen LogP contribution in [0.15, 0.2) is 24.3 Å². The predicted molar refractivity (Wildman–Crippen MR) is 151 cm³/mol. The number of hydrogen-bond donors (Lipinski definition) is 4. The SMILES string of the molecule is COC(=O)[C@@]12Oc3ccc(-c4ccc5c(c4O)C(=O)[C@H]4C(=O)C[C@H](C)[C@H](O)[C@@]4(C(=O)OC)O5)c(O)c3C(=O)[C@H]1C(=O)C[C@H](C)[C@H]2O. The lowest BCUT2D eigenvalue weighted by atomic mass is 9.64. The van der Waals surface area contributed by atoms with Gasteiger partial charge >= 0.3 is 11.9 Å². The molecule has 0 aromatic heterocycles. The number of benzene rings is 2. The molecule has 2 fully saturated rings. The van der Waals surface area contributed by atoms with E-state index in [4.69, 9.17) is 18.9 Å². The lowest BCUT2D eigenvalue weighted by molar-refractivity contribution is -0.190. The van der Waals surface area contributed by atoms with Crippen LogP contribution in [0, 0.1) is 23.7 Å². The van der Waals surface area contributed by atoms with E-state index in [1.807, 2.05) is 0 Å². The van der Waals surface area contributed by atoms with Gasteiger partial charge in [0.2, 0.25) is 11.2 Å². The van der Waals surface area contributed by atoms with Gasteiger partial charge in [0.05, 0.1) is 14.2 Å². The molecule has 0 unspecified atom stereocenters. The predicted octanol–water partition coefficient (Wildman–Crippen LogP) is 0.911.